The monoisotopic (exact) mass is 304 g/mol. The van der Waals surface area contributed by atoms with E-state index in [0.717, 1.165) is 0 Å². The highest BCUT2D eigenvalue weighted by Crippen LogP contribution is 2.47. The molecule has 1 aromatic heterocycles. The maximum Gasteiger partial charge on any atom is 0.406 e. The van der Waals surface area contributed by atoms with Crippen molar-refractivity contribution < 1.29 is 27.8 Å². The molecule has 1 saturated heterocycles. The van der Waals surface area contributed by atoms with Crippen LogP contribution in [0.25, 0.3) is 0 Å². The number of carboxylic acid groups (broad SMARTS) is 1. The van der Waals surface area contributed by atoms with Crippen LogP contribution in [0.4, 0.5) is 13.2 Å². The van der Waals surface area contributed by atoms with Crippen molar-refractivity contribution in [1.29, 1.82) is 0 Å². The number of hydrogen-bond donors (Lipinski definition) is 2. The number of carboxylic acids is 1. The molecule has 1 fully saturated rings. The van der Waals surface area contributed by atoms with Crippen molar-refractivity contribution in [3.8, 4) is 5.88 Å². The molecule has 2 rings (SSSR count). The maximum atomic E-state index is 13.3. The Morgan fingerprint density at radius 3 is 2.86 bits per heavy atom. The van der Waals surface area contributed by atoms with Crippen molar-refractivity contribution in [3.63, 3.8) is 0 Å². The van der Waals surface area contributed by atoms with Gasteiger partial charge in [-0.1, -0.05) is 6.07 Å². The first-order valence-corrected chi connectivity index (χ1v) is 6.32. The third-order valence-corrected chi connectivity index (χ3v) is 3.82. The number of rotatable bonds is 4. The second kappa shape index (κ2) is 5.51. The van der Waals surface area contributed by atoms with E-state index in [1.54, 1.807) is 18.2 Å². The predicted octanol–water partition coefficient (Wildman–Crippen LogP) is 1.49. The third kappa shape index (κ3) is 2.67. The fraction of sp³-hybridized carbons (Fsp3) is 0.538. The molecule has 0 aliphatic carbocycles. The molecule has 0 radical (unpaired) electrons. The predicted molar refractivity (Wildman–Crippen MR) is 67.0 cm³/mol. The summed E-state index contributed by atoms with van der Waals surface area (Å²) in [5, 5.41) is 11.7. The van der Waals surface area contributed by atoms with E-state index in [0.29, 0.717) is 5.69 Å². The molecular formula is C13H15F3N2O3. The lowest BCUT2D eigenvalue weighted by Crippen LogP contribution is -2.51. The number of methoxy groups -OCH3 is 1. The molecular weight excluding hydrogens is 289 g/mol. The number of aliphatic carboxylic acids is 1. The summed E-state index contributed by atoms with van der Waals surface area (Å²) < 4.78 is 44.8. The molecule has 1 aromatic rings. The van der Waals surface area contributed by atoms with E-state index < -0.39 is 30.0 Å². The number of aromatic nitrogens is 1. The summed E-state index contributed by atoms with van der Waals surface area (Å²) in [6.45, 7) is -0.648. The smallest absolute Gasteiger partial charge is 0.406 e. The van der Waals surface area contributed by atoms with Crippen LogP contribution in [0, 0.1) is 11.3 Å². The summed E-state index contributed by atoms with van der Waals surface area (Å²) in [4.78, 5) is 15.3. The van der Waals surface area contributed by atoms with Gasteiger partial charge in [-0.05, 0) is 19.0 Å². The third-order valence-electron chi connectivity index (χ3n) is 3.82. The Labute approximate surface area is 119 Å². The van der Waals surface area contributed by atoms with E-state index >= 15 is 0 Å². The summed E-state index contributed by atoms with van der Waals surface area (Å²) >= 11 is 0. The summed E-state index contributed by atoms with van der Waals surface area (Å²) in [5.74, 6) is -2.69. The van der Waals surface area contributed by atoms with E-state index in [2.05, 4.69) is 10.3 Å². The first kappa shape index (κ1) is 15.6. The lowest BCUT2D eigenvalue weighted by Gasteiger charge is -2.32. The normalized spacial score (nSPS) is 25.8. The first-order valence-electron chi connectivity index (χ1n) is 6.32. The molecule has 5 nitrogen and oxygen atoms in total. The van der Waals surface area contributed by atoms with E-state index in [1.165, 1.54) is 7.11 Å². The van der Waals surface area contributed by atoms with Crippen LogP contribution in [-0.4, -0.2) is 42.4 Å². The molecule has 0 amide bonds. The quantitative estimate of drug-likeness (QED) is 0.882. The Kier molecular flexibility index (Phi) is 4.08. The SMILES string of the molecule is COc1cccc(C[C@H]2CNC[C@@]2(C(=O)O)C(F)(F)F)n1. The molecule has 0 spiro atoms. The van der Waals surface area contributed by atoms with E-state index in [9.17, 15) is 18.0 Å². The number of hydrogen-bond acceptors (Lipinski definition) is 4. The minimum atomic E-state index is -4.83. The summed E-state index contributed by atoms with van der Waals surface area (Å²) in [7, 11) is 1.40. The number of pyridine rings is 1. The van der Waals surface area contributed by atoms with Gasteiger partial charge >= 0.3 is 12.1 Å². The van der Waals surface area contributed by atoms with Crippen LogP contribution in [0.1, 0.15) is 5.69 Å². The van der Waals surface area contributed by atoms with Crippen molar-refractivity contribution in [2.24, 2.45) is 11.3 Å². The largest absolute Gasteiger partial charge is 0.481 e. The topological polar surface area (TPSA) is 71.5 Å². The van der Waals surface area contributed by atoms with Gasteiger partial charge in [-0.3, -0.25) is 4.79 Å². The molecule has 21 heavy (non-hydrogen) atoms. The van der Waals surface area contributed by atoms with E-state index in [-0.39, 0.29) is 18.8 Å². The highest BCUT2D eigenvalue weighted by atomic mass is 19.4. The second-order valence-corrected chi connectivity index (χ2v) is 4.98. The summed E-state index contributed by atoms with van der Waals surface area (Å²) in [5.41, 5.74) is -2.41. The van der Waals surface area contributed by atoms with Gasteiger partial charge in [-0.25, -0.2) is 4.98 Å². The van der Waals surface area contributed by atoms with Crippen LogP contribution < -0.4 is 10.1 Å². The lowest BCUT2D eigenvalue weighted by molar-refractivity contribution is -0.236. The number of alkyl halides is 3. The standard InChI is InChI=1S/C13H15F3N2O3/c1-21-10-4-2-3-9(18-10)5-8-6-17-7-12(8,11(19)20)13(14,15)16/h2-4,8,17H,5-7H2,1H3,(H,19,20)/t8-,12+/m0/s1. The molecule has 0 bridgehead atoms. The van der Waals surface area contributed by atoms with Gasteiger partial charge in [0, 0.05) is 24.2 Å². The van der Waals surface area contributed by atoms with Gasteiger partial charge in [0.2, 0.25) is 5.88 Å². The van der Waals surface area contributed by atoms with Gasteiger partial charge in [0.1, 0.15) is 0 Å². The number of carbonyl (C=O) groups is 1. The van der Waals surface area contributed by atoms with Gasteiger partial charge in [0.25, 0.3) is 0 Å². The van der Waals surface area contributed by atoms with Crippen molar-refractivity contribution in [2.75, 3.05) is 20.2 Å². The van der Waals surface area contributed by atoms with E-state index in [1.807, 2.05) is 0 Å². The Balaban J connectivity index is 2.31. The highest BCUT2D eigenvalue weighted by Gasteiger charge is 2.66. The minimum Gasteiger partial charge on any atom is -0.481 e. The highest BCUT2D eigenvalue weighted by molar-refractivity contribution is 5.77. The molecule has 1 aliphatic heterocycles. The average Bonchev–Trinajstić information content (AvgIpc) is 2.83. The average molecular weight is 304 g/mol. The van der Waals surface area contributed by atoms with Gasteiger partial charge < -0.3 is 15.2 Å². The molecule has 0 saturated carbocycles. The molecule has 2 heterocycles. The van der Waals surface area contributed by atoms with Crippen LogP contribution in [-0.2, 0) is 11.2 Å². The number of ether oxygens (including phenoxy) is 1. The zero-order valence-corrected chi connectivity index (χ0v) is 11.3. The van der Waals surface area contributed by atoms with Gasteiger partial charge in [-0.15, -0.1) is 0 Å². The number of nitrogens with one attached hydrogen (secondary N) is 1. The molecule has 0 unspecified atom stereocenters. The van der Waals surface area contributed by atoms with Crippen molar-refractivity contribution >= 4 is 5.97 Å². The van der Waals surface area contributed by atoms with E-state index in [4.69, 9.17) is 9.84 Å². The molecule has 116 valence electrons. The van der Waals surface area contributed by atoms with Crippen LogP contribution in [0.3, 0.4) is 0 Å². The Hall–Kier alpha value is -1.83. The zero-order chi connectivity index (χ0) is 15.7. The molecule has 0 aromatic carbocycles. The fourth-order valence-corrected chi connectivity index (χ4v) is 2.65. The van der Waals surface area contributed by atoms with Gasteiger partial charge in [0.05, 0.1) is 7.11 Å². The van der Waals surface area contributed by atoms with Crippen molar-refractivity contribution in [3.05, 3.63) is 23.9 Å². The van der Waals surface area contributed by atoms with Crippen molar-refractivity contribution in [1.82, 2.24) is 10.3 Å². The zero-order valence-electron chi connectivity index (χ0n) is 11.3. The maximum absolute atomic E-state index is 13.3. The first-order chi connectivity index (χ1) is 9.81. The summed E-state index contributed by atoms with van der Waals surface area (Å²) in [6, 6.07) is 4.74. The van der Waals surface area contributed by atoms with Crippen LogP contribution in [0.2, 0.25) is 0 Å². The fourth-order valence-electron chi connectivity index (χ4n) is 2.65. The molecule has 1 aliphatic rings. The van der Waals surface area contributed by atoms with Crippen LogP contribution in [0.5, 0.6) is 5.88 Å². The lowest BCUT2D eigenvalue weighted by atomic mass is 9.75. The van der Waals surface area contributed by atoms with Crippen molar-refractivity contribution in [2.45, 2.75) is 12.6 Å². The van der Waals surface area contributed by atoms with Crippen LogP contribution >= 0.6 is 0 Å². The number of halogens is 3. The number of nitrogens with zero attached hydrogens (tertiary/aromatic N) is 1. The molecule has 8 heteroatoms. The Bertz CT molecular complexity index is 536. The second-order valence-electron chi connectivity index (χ2n) is 4.98. The minimum absolute atomic E-state index is 0.0231. The van der Waals surface area contributed by atoms with Crippen LogP contribution in [0.15, 0.2) is 18.2 Å². The molecule has 2 atom stereocenters. The molecule has 2 N–H and O–H groups in total. The summed E-state index contributed by atoms with van der Waals surface area (Å²) in [6.07, 6.45) is -4.91. The van der Waals surface area contributed by atoms with Gasteiger partial charge in [-0.2, -0.15) is 13.2 Å². The Morgan fingerprint density at radius 2 is 2.29 bits per heavy atom. The van der Waals surface area contributed by atoms with Gasteiger partial charge in [0.15, 0.2) is 5.41 Å². The Morgan fingerprint density at radius 1 is 1.57 bits per heavy atom.